The largest absolute Gasteiger partial charge is 0.416 e. The van der Waals surface area contributed by atoms with Crippen LogP contribution in [0.5, 0.6) is 0 Å². The Morgan fingerprint density at radius 1 is 1.38 bits per heavy atom. The maximum atomic E-state index is 12.6. The van der Waals surface area contributed by atoms with Crippen molar-refractivity contribution in [3.8, 4) is 0 Å². The molecule has 0 radical (unpaired) electrons. The Balaban J connectivity index is 2.75. The molecule has 1 rings (SSSR count). The highest BCUT2D eigenvalue weighted by Crippen LogP contribution is 2.31. The summed E-state index contributed by atoms with van der Waals surface area (Å²) in [4.78, 5) is 11.8. The van der Waals surface area contributed by atoms with Gasteiger partial charge in [0.25, 0.3) is 5.91 Å². The van der Waals surface area contributed by atoms with E-state index in [1.165, 1.54) is 6.07 Å². The number of alkyl halides is 3. The van der Waals surface area contributed by atoms with E-state index in [0.717, 1.165) is 12.1 Å². The fourth-order valence-electron chi connectivity index (χ4n) is 1.54. The molecule has 21 heavy (non-hydrogen) atoms. The minimum absolute atomic E-state index is 0.101. The van der Waals surface area contributed by atoms with Crippen LogP contribution in [0.4, 0.5) is 13.2 Å². The summed E-state index contributed by atoms with van der Waals surface area (Å²) in [6.45, 7) is 2.00. The number of hydrogen-bond acceptors (Lipinski definition) is 2. The number of carbonyl (C=O) groups is 1. The van der Waals surface area contributed by atoms with E-state index in [-0.39, 0.29) is 22.4 Å². The molecule has 1 aromatic carbocycles. The molecule has 118 valence electrons. The lowest BCUT2D eigenvalue weighted by Crippen LogP contribution is -2.27. The van der Waals surface area contributed by atoms with Gasteiger partial charge in [-0.15, -0.1) is 0 Å². The summed E-state index contributed by atoms with van der Waals surface area (Å²) >= 11 is 5.61. The van der Waals surface area contributed by atoms with Crippen LogP contribution >= 0.6 is 11.6 Å². The molecular formula is C13H15ClF3NO2S. The van der Waals surface area contributed by atoms with E-state index in [2.05, 4.69) is 5.32 Å². The van der Waals surface area contributed by atoms with Gasteiger partial charge in [-0.2, -0.15) is 13.2 Å². The number of benzene rings is 1. The third-order valence-electron chi connectivity index (χ3n) is 2.89. The molecule has 0 unspecified atom stereocenters. The Labute approximate surface area is 128 Å². The van der Waals surface area contributed by atoms with Crippen molar-refractivity contribution in [2.45, 2.75) is 24.8 Å². The molecule has 0 aliphatic heterocycles. The van der Waals surface area contributed by atoms with Gasteiger partial charge in [0.15, 0.2) is 0 Å². The molecule has 1 N–H and O–H groups in total. The van der Waals surface area contributed by atoms with Crippen molar-refractivity contribution >= 4 is 28.3 Å². The van der Waals surface area contributed by atoms with Crippen LogP contribution in [0.2, 0.25) is 5.02 Å². The molecule has 0 aliphatic carbocycles. The van der Waals surface area contributed by atoms with Crippen LogP contribution in [0.15, 0.2) is 18.2 Å². The summed E-state index contributed by atoms with van der Waals surface area (Å²) in [7, 11) is -1.01. The van der Waals surface area contributed by atoms with Crippen LogP contribution in [-0.2, 0) is 17.0 Å². The smallest absolute Gasteiger partial charge is 0.352 e. The Kier molecular flexibility index (Phi) is 6.22. The Morgan fingerprint density at radius 3 is 2.52 bits per heavy atom. The first kappa shape index (κ1) is 18.0. The first-order valence-corrected chi connectivity index (χ1v) is 8.09. The molecule has 0 saturated carbocycles. The van der Waals surface area contributed by atoms with Gasteiger partial charge in [0.1, 0.15) is 0 Å². The van der Waals surface area contributed by atoms with Crippen LogP contribution in [0, 0.1) is 0 Å². The van der Waals surface area contributed by atoms with Crippen molar-refractivity contribution in [2.75, 3.05) is 12.8 Å². The highest BCUT2D eigenvalue weighted by atomic mass is 35.5. The van der Waals surface area contributed by atoms with Gasteiger partial charge in [0.05, 0.1) is 5.56 Å². The highest BCUT2D eigenvalue weighted by molar-refractivity contribution is 7.84. The number of carbonyl (C=O) groups excluding carboxylic acids is 1. The van der Waals surface area contributed by atoms with Crippen LogP contribution in [0.25, 0.3) is 0 Å². The van der Waals surface area contributed by atoms with E-state index in [0.29, 0.717) is 6.42 Å². The quantitative estimate of drug-likeness (QED) is 0.893. The molecule has 0 fully saturated rings. The molecule has 0 saturated heterocycles. The van der Waals surface area contributed by atoms with E-state index in [1.807, 2.05) is 0 Å². The molecular weight excluding hydrogens is 327 g/mol. The number of halogens is 4. The molecule has 0 heterocycles. The fraction of sp³-hybridized carbons (Fsp3) is 0.462. The third kappa shape index (κ3) is 5.67. The van der Waals surface area contributed by atoms with Crippen molar-refractivity contribution < 1.29 is 22.2 Å². The zero-order chi connectivity index (χ0) is 16.2. The van der Waals surface area contributed by atoms with Crippen LogP contribution in [0.1, 0.15) is 29.3 Å². The van der Waals surface area contributed by atoms with Gasteiger partial charge in [-0.3, -0.25) is 9.00 Å². The van der Waals surface area contributed by atoms with E-state index in [1.54, 1.807) is 13.2 Å². The van der Waals surface area contributed by atoms with Crippen molar-refractivity contribution in [1.82, 2.24) is 5.32 Å². The fourth-order valence-corrected chi connectivity index (χ4v) is 2.23. The van der Waals surface area contributed by atoms with Gasteiger partial charge >= 0.3 is 6.18 Å². The van der Waals surface area contributed by atoms with Crippen molar-refractivity contribution in [1.29, 1.82) is 0 Å². The molecule has 0 aliphatic rings. The predicted molar refractivity (Wildman–Crippen MR) is 76.9 cm³/mol. The topological polar surface area (TPSA) is 46.2 Å². The second-order valence-corrected chi connectivity index (χ2v) is 6.82. The molecule has 3 nitrogen and oxygen atoms in total. The summed E-state index contributed by atoms with van der Waals surface area (Å²) < 4.78 is 49.0. The van der Waals surface area contributed by atoms with Crippen LogP contribution < -0.4 is 5.32 Å². The average Bonchev–Trinajstić information content (AvgIpc) is 2.36. The molecule has 0 spiro atoms. The summed E-state index contributed by atoms with van der Waals surface area (Å²) in [5, 5.41) is 2.24. The Hall–Kier alpha value is -1.08. The van der Waals surface area contributed by atoms with E-state index in [4.69, 9.17) is 11.6 Å². The first-order chi connectivity index (χ1) is 9.61. The Morgan fingerprint density at radius 2 is 2.00 bits per heavy atom. The minimum Gasteiger partial charge on any atom is -0.352 e. The lowest BCUT2D eigenvalue weighted by atomic mass is 10.1. The standard InChI is InChI=1S/C13H15ClF3NO2S/c1-8(21(2)20)3-4-18-12(19)9-5-10(13(15,16)17)7-11(14)6-9/h5-8H,3-4H2,1-2H3,(H,18,19)/t8-,21+/m1/s1. The van der Waals surface area contributed by atoms with Gasteiger partial charge in [-0.1, -0.05) is 18.5 Å². The maximum Gasteiger partial charge on any atom is 0.416 e. The second kappa shape index (κ2) is 7.26. The molecule has 0 aromatic heterocycles. The van der Waals surface area contributed by atoms with Crippen LogP contribution in [-0.4, -0.2) is 28.2 Å². The van der Waals surface area contributed by atoms with Crippen molar-refractivity contribution in [3.63, 3.8) is 0 Å². The molecule has 8 heteroatoms. The van der Waals surface area contributed by atoms with Gasteiger partial charge in [-0.25, -0.2) is 0 Å². The lowest BCUT2D eigenvalue weighted by molar-refractivity contribution is -0.137. The minimum atomic E-state index is -4.56. The van der Waals surface area contributed by atoms with Gasteiger partial charge in [-0.05, 0) is 24.6 Å². The zero-order valence-corrected chi connectivity index (χ0v) is 13.0. The number of rotatable bonds is 5. The van der Waals surface area contributed by atoms with E-state index >= 15 is 0 Å². The maximum absolute atomic E-state index is 12.6. The summed E-state index contributed by atoms with van der Waals surface area (Å²) in [5.41, 5.74) is -1.12. The summed E-state index contributed by atoms with van der Waals surface area (Å²) in [6, 6.07) is 2.69. The van der Waals surface area contributed by atoms with E-state index < -0.39 is 28.4 Å². The average molecular weight is 342 g/mol. The number of nitrogens with one attached hydrogen (secondary N) is 1. The van der Waals surface area contributed by atoms with Crippen LogP contribution in [0.3, 0.4) is 0 Å². The highest BCUT2D eigenvalue weighted by Gasteiger charge is 2.31. The normalized spacial score (nSPS) is 14.6. The van der Waals surface area contributed by atoms with Crippen molar-refractivity contribution in [2.24, 2.45) is 0 Å². The molecule has 1 amide bonds. The van der Waals surface area contributed by atoms with Gasteiger partial charge in [0.2, 0.25) is 0 Å². The monoisotopic (exact) mass is 341 g/mol. The lowest BCUT2D eigenvalue weighted by Gasteiger charge is -2.11. The molecule has 2 atom stereocenters. The number of hydrogen-bond donors (Lipinski definition) is 1. The van der Waals surface area contributed by atoms with E-state index in [9.17, 15) is 22.2 Å². The van der Waals surface area contributed by atoms with Gasteiger partial charge in [0, 0.05) is 39.4 Å². The van der Waals surface area contributed by atoms with Gasteiger partial charge < -0.3 is 5.32 Å². The molecule has 0 bridgehead atoms. The second-order valence-electron chi connectivity index (χ2n) is 4.58. The summed E-state index contributed by atoms with van der Waals surface area (Å²) in [5.74, 6) is -0.642. The zero-order valence-electron chi connectivity index (χ0n) is 11.5. The summed E-state index contributed by atoms with van der Waals surface area (Å²) in [6.07, 6.45) is -2.53. The van der Waals surface area contributed by atoms with Crippen molar-refractivity contribution in [3.05, 3.63) is 34.3 Å². The predicted octanol–water partition coefficient (Wildman–Crippen LogP) is 3.25. The Bertz CT molecular complexity index is 549. The number of amides is 1. The first-order valence-electron chi connectivity index (χ1n) is 6.09. The molecule has 1 aromatic rings. The third-order valence-corrected chi connectivity index (χ3v) is 4.48. The SMILES string of the molecule is C[C@H](CCNC(=O)c1cc(Cl)cc(C(F)(F)F)c1)[S@](C)=O.